The summed E-state index contributed by atoms with van der Waals surface area (Å²) in [4.78, 5) is 34.3. The molecule has 8 nitrogen and oxygen atoms in total. The second-order valence-electron chi connectivity index (χ2n) is 9.66. The molecular formula is C30H27F3N4O4. The third-order valence-electron chi connectivity index (χ3n) is 6.81. The minimum Gasteiger partial charge on any atom is -0.507 e. The molecule has 0 bridgehead atoms. The van der Waals surface area contributed by atoms with E-state index in [0.29, 0.717) is 24.0 Å². The minimum atomic E-state index is -4.90. The van der Waals surface area contributed by atoms with E-state index in [1.54, 1.807) is 54.6 Å². The van der Waals surface area contributed by atoms with Crippen LogP contribution in [-0.4, -0.2) is 45.8 Å². The van der Waals surface area contributed by atoms with E-state index in [9.17, 15) is 27.9 Å². The van der Waals surface area contributed by atoms with Gasteiger partial charge in [0.15, 0.2) is 0 Å². The molecule has 5 rings (SSSR count). The van der Waals surface area contributed by atoms with Gasteiger partial charge in [-0.3, -0.25) is 9.69 Å². The number of ether oxygens (including phenoxy) is 1. The monoisotopic (exact) mass is 564 g/mol. The number of rotatable bonds is 7. The molecule has 0 radical (unpaired) electrons. The number of alkyl halides is 3. The molecule has 1 saturated heterocycles. The molecule has 41 heavy (non-hydrogen) atoms. The normalized spacial score (nSPS) is 14.6. The van der Waals surface area contributed by atoms with E-state index in [2.05, 4.69) is 10.3 Å². The van der Waals surface area contributed by atoms with Gasteiger partial charge in [0.1, 0.15) is 18.2 Å². The highest BCUT2D eigenvalue weighted by atomic mass is 19.4. The lowest BCUT2D eigenvalue weighted by atomic mass is 10.0. The number of anilines is 1. The quantitative estimate of drug-likeness (QED) is 0.359. The summed E-state index contributed by atoms with van der Waals surface area (Å²) >= 11 is 0. The average Bonchev–Trinajstić information content (AvgIpc) is 3.43. The first-order valence-corrected chi connectivity index (χ1v) is 13.0. The molecular weight excluding hydrogens is 537 g/mol. The summed E-state index contributed by atoms with van der Waals surface area (Å²) in [6.45, 7) is 0.533. The van der Waals surface area contributed by atoms with Gasteiger partial charge in [-0.1, -0.05) is 48.5 Å². The van der Waals surface area contributed by atoms with E-state index in [4.69, 9.17) is 4.74 Å². The first-order chi connectivity index (χ1) is 19.7. The molecule has 2 heterocycles. The third kappa shape index (κ3) is 6.51. The van der Waals surface area contributed by atoms with Crippen LogP contribution in [-0.2, 0) is 24.1 Å². The zero-order valence-electron chi connectivity index (χ0n) is 21.9. The van der Waals surface area contributed by atoms with Crippen molar-refractivity contribution in [2.75, 3.05) is 18.4 Å². The van der Waals surface area contributed by atoms with Crippen molar-refractivity contribution < 1.29 is 32.6 Å². The van der Waals surface area contributed by atoms with Crippen molar-refractivity contribution in [3.63, 3.8) is 0 Å². The molecule has 0 saturated carbocycles. The topological polar surface area (TPSA) is 94.5 Å². The highest BCUT2D eigenvalue weighted by molar-refractivity contribution is 6.05. The summed E-state index contributed by atoms with van der Waals surface area (Å²) < 4.78 is 47.0. The van der Waals surface area contributed by atoms with Crippen LogP contribution in [0, 0.1) is 0 Å². The highest BCUT2D eigenvalue weighted by Crippen LogP contribution is 2.38. The van der Waals surface area contributed by atoms with Crippen LogP contribution in [0.3, 0.4) is 0 Å². The number of amides is 2. The number of aromatic hydroxyl groups is 1. The molecule has 0 unspecified atom stereocenters. The van der Waals surface area contributed by atoms with Gasteiger partial charge in [-0.2, -0.15) is 13.2 Å². The number of amidine groups is 1. The molecule has 0 atom stereocenters. The number of nitrogens with one attached hydrogen (secondary N) is 1. The number of carbonyl (C=O) groups excluding carboxylic acids is 2. The standard InChI is InChI=1S/C30H27F3N4O4/c31-30(32,33)25-14-21(24(15-26(25)38)28(39)35-22-10-5-2-6-11-22)17-37(23-16-34-27-12-7-13-36(27)18-23)29(40)41-19-20-8-3-1-4-9-20/h1-6,8-11,14-16,38H,7,12-13,17-19H2,(H,35,39). The van der Waals surface area contributed by atoms with E-state index < -0.39 is 36.0 Å². The van der Waals surface area contributed by atoms with Gasteiger partial charge in [-0.25, -0.2) is 9.79 Å². The Morgan fingerprint density at radius 2 is 1.76 bits per heavy atom. The number of halogens is 3. The molecule has 0 aliphatic carbocycles. The van der Waals surface area contributed by atoms with E-state index in [-0.39, 0.29) is 17.7 Å². The van der Waals surface area contributed by atoms with Crippen molar-refractivity contribution in [3.05, 3.63) is 107 Å². The number of carbonyl (C=O) groups is 2. The molecule has 2 amide bonds. The number of para-hydroxylation sites is 1. The Morgan fingerprint density at radius 3 is 2.46 bits per heavy atom. The summed E-state index contributed by atoms with van der Waals surface area (Å²) in [5.41, 5.74) is -0.124. The number of benzene rings is 3. The largest absolute Gasteiger partial charge is 0.507 e. The lowest BCUT2D eigenvalue weighted by Gasteiger charge is -2.31. The fraction of sp³-hybridized carbons (Fsp3) is 0.233. The van der Waals surface area contributed by atoms with Crippen LogP contribution >= 0.6 is 0 Å². The van der Waals surface area contributed by atoms with Gasteiger partial charge in [-0.15, -0.1) is 0 Å². The summed E-state index contributed by atoms with van der Waals surface area (Å²) in [5.74, 6) is -0.968. The Hall–Kier alpha value is -4.80. The predicted octanol–water partition coefficient (Wildman–Crippen LogP) is 6.15. The maximum absolute atomic E-state index is 13.8. The van der Waals surface area contributed by atoms with E-state index >= 15 is 0 Å². The van der Waals surface area contributed by atoms with Crippen LogP contribution in [0.25, 0.3) is 0 Å². The molecule has 2 aliphatic rings. The van der Waals surface area contributed by atoms with Crippen LogP contribution in [0.2, 0.25) is 0 Å². The van der Waals surface area contributed by atoms with Crippen LogP contribution in [0.5, 0.6) is 5.75 Å². The highest BCUT2D eigenvalue weighted by Gasteiger charge is 2.36. The maximum atomic E-state index is 13.8. The molecule has 0 spiro atoms. The Bertz CT molecular complexity index is 1490. The fourth-order valence-corrected chi connectivity index (χ4v) is 4.75. The molecule has 11 heteroatoms. The summed E-state index contributed by atoms with van der Waals surface area (Å²) in [5, 5.41) is 12.9. The Kier molecular flexibility index (Phi) is 7.95. The summed E-state index contributed by atoms with van der Waals surface area (Å²) in [7, 11) is 0. The first kappa shape index (κ1) is 27.8. The first-order valence-electron chi connectivity index (χ1n) is 13.0. The summed E-state index contributed by atoms with van der Waals surface area (Å²) in [6.07, 6.45) is -2.51. The number of hydrogen-bond acceptors (Lipinski definition) is 6. The van der Waals surface area contributed by atoms with Crippen molar-refractivity contribution in [2.45, 2.75) is 32.2 Å². The van der Waals surface area contributed by atoms with Crippen molar-refractivity contribution in [2.24, 2.45) is 4.99 Å². The number of aliphatic imine (C=N–C) groups is 1. The smallest absolute Gasteiger partial charge is 0.419 e. The zero-order chi connectivity index (χ0) is 29.0. The number of nitrogens with zero attached hydrogens (tertiary/aromatic N) is 3. The van der Waals surface area contributed by atoms with Crippen molar-refractivity contribution in [3.8, 4) is 5.75 Å². The zero-order valence-corrected chi connectivity index (χ0v) is 21.9. The van der Waals surface area contributed by atoms with E-state index in [1.165, 1.54) is 11.1 Å². The van der Waals surface area contributed by atoms with Crippen LogP contribution in [0.15, 0.2) is 89.7 Å². The maximum Gasteiger partial charge on any atom is 0.419 e. The molecule has 3 aromatic rings. The lowest BCUT2D eigenvalue weighted by Crippen LogP contribution is -2.39. The Morgan fingerprint density at radius 1 is 1.05 bits per heavy atom. The fourth-order valence-electron chi connectivity index (χ4n) is 4.75. The van der Waals surface area contributed by atoms with Crippen LogP contribution in [0.4, 0.5) is 23.7 Å². The second kappa shape index (κ2) is 11.7. The molecule has 212 valence electrons. The third-order valence-corrected chi connectivity index (χ3v) is 6.81. The Labute approximate surface area is 234 Å². The summed E-state index contributed by atoms with van der Waals surface area (Å²) in [6, 6.07) is 18.8. The van der Waals surface area contributed by atoms with Gasteiger partial charge in [-0.05, 0) is 41.8 Å². The average molecular weight is 565 g/mol. The molecule has 1 fully saturated rings. The molecule has 0 aromatic heterocycles. The van der Waals surface area contributed by atoms with Gasteiger partial charge in [0, 0.05) is 24.2 Å². The number of phenols is 1. The van der Waals surface area contributed by atoms with Crippen molar-refractivity contribution >= 4 is 23.5 Å². The van der Waals surface area contributed by atoms with Crippen molar-refractivity contribution in [1.29, 1.82) is 0 Å². The molecule has 3 aromatic carbocycles. The van der Waals surface area contributed by atoms with Gasteiger partial charge >= 0.3 is 12.3 Å². The minimum absolute atomic E-state index is 0.0631. The number of fused-ring (bicyclic) bond motifs is 1. The predicted molar refractivity (Wildman–Crippen MR) is 146 cm³/mol. The van der Waals surface area contributed by atoms with E-state index in [0.717, 1.165) is 36.9 Å². The Balaban J connectivity index is 1.51. The van der Waals surface area contributed by atoms with E-state index in [1.807, 2.05) is 11.0 Å². The van der Waals surface area contributed by atoms with Crippen molar-refractivity contribution in [1.82, 2.24) is 9.80 Å². The molecule has 2 aliphatic heterocycles. The number of hydrogen-bond donors (Lipinski definition) is 2. The van der Waals surface area contributed by atoms with Crippen LogP contribution in [0.1, 0.15) is 39.9 Å². The van der Waals surface area contributed by atoms with Crippen LogP contribution < -0.4 is 5.32 Å². The second-order valence-corrected chi connectivity index (χ2v) is 9.66. The lowest BCUT2D eigenvalue weighted by molar-refractivity contribution is -0.138. The molecule has 2 N–H and O–H groups in total. The van der Waals surface area contributed by atoms with Gasteiger partial charge in [0.2, 0.25) is 0 Å². The SMILES string of the molecule is O=C(Nc1ccccc1)c1cc(O)c(C(F)(F)F)cc1CN(C(=O)OCc1ccccc1)C1=CN=C2CCCN2C1. The van der Waals surface area contributed by atoms with Gasteiger partial charge in [0.25, 0.3) is 5.91 Å². The van der Waals surface area contributed by atoms with Gasteiger partial charge < -0.3 is 20.1 Å². The number of phenolic OH excluding ortho intramolecular Hbond substituents is 1. The van der Waals surface area contributed by atoms with Gasteiger partial charge in [0.05, 0.1) is 30.5 Å².